The van der Waals surface area contributed by atoms with Gasteiger partial charge in [0.2, 0.25) is 0 Å². The second-order valence-corrected chi connectivity index (χ2v) is 3.72. The van der Waals surface area contributed by atoms with E-state index in [2.05, 4.69) is 11.9 Å². The Morgan fingerprint density at radius 2 is 1.67 bits per heavy atom. The fraction of sp³-hybridized carbons (Fsp3) is 1.00. The van der Waals surface area contributed by atoms with E-state index >= 15 is 0 Å². The van der Waals surface area contributed by atoms with Gasteiger partial charge in [-0.2, -0.15) is 0 Å². The van der Waals surface area contributed by atoms with Gasteiger partial charge in [0.25, 0.3) is 0 Å². The number of ether oxygens (including phenoxy) is 2. The van der Waals surface area contributed by atoms with Gasteiger partial charge in [-0.15, -0.1) is 0 Å². The van der Waals surface area contributed by atoms with Crippen molar-refractivity contribution in [3.63, 3.8) is 0 Å². The lowest BCUT2D eigenvalue weighted by molar-refractivity contribution is -0.00461. The van der Waals surface area contributed by atoms with E-state index in [9.17, 15) is 0 Å². The number of likely N-dealkylation sites (tertiary alicyclic amines) is 1. The number of nitrogens with zero attached hydrogens (tertiary/aromatic N) is 1. The molecule has 2 fully saturated rings. The second kappa shape index (κ2) is 3.30. The largest absolute Gasteiger partial charge is 0.372 e. The van der Waals surface area contributed by atoms with Crippen LogP contribution in [-0.2, 0) is 9.47 Å². The van der Waals surface area contributed by atoms with Crippen molar-refractivity contribution in [2.24, 2.45) is 5.73 Å². The topological polar surface area (TPSA) is 47.7 Å². The van der Waals surface area contributed by atoms with Gasteiger partial charge in [-0.25, -0.2) is 0 Å². The number of rotatable bonds is 0. The lowest BCUT2D eigenvalue weighted by Gasteiger charge is -2.13. The molecule has 0 saturated carbocycles. The van der Waals surface area contributed by atoms with Crippen molar-refractivity contribution in [1.29, 1.82) is 0 Å². The molecular weight excluding hydrogens is 156 g/mol. The predicted octanol–water partition coefficient (Wildman–Crippen LogP) is -0.957. The highest BCUT2D eigenvalue weighted by Gasteiger charge is 2.34. The van der Waals surface area contributed by atoms with Crippen LogP contribution in [0.3, 0.4) is 0 Å². The zero-order valence-electron chi connectivity index (χ0n) is 7.40. The van der Waals surface area contributed by atoms with Crippen molar-refractivity contribution < 1.29 is 9.47 Å². The quantitative estimate of drug-likeness (QED) is 0.511. The van der Waals surface area contributed by atoms with Crippen LogP contribution in [0.5, 0.6) is 0 Å². The highest BCUT2D eigenvalue weighted by atomic mass is 16.6. The Kier molecular flexibility index (Phi) is 2.32. The first-order chi connectivity index (χ1) is 5.75. The number of hydrogen-bond donors (Lipinski definition) is 1. The van der Waals surface area contributed by atoms with E-state index in [-0.39, 0.29) is 18.2 Å². The van der Waals surface area contributed by atoms with Crippen LogP contribution in [0.25, 0.3) is 0 Å². The standard InChI is InChI=1S/C8H16N2O2/c1-10-2-7-8(3-10)12-5-6(9)4-11-7/h6-8H,2-5,9H2,1H3. The third kappa shape index (κ3) is 1.61. The van der Waals surface area contributed by atoms with E-state index in [1.54, 1.807) is 0 Å². The summed E-state index contributed by atoms with van der Waals surface area (Å²) in [6.07, 6.45) is 0.479. The molecule has 0 aromatic rings. The summed E-state index contributed by atoms with van der Waals surface area (Å²) in [7, 11) is 2.08. The van der Waals surface area contributed by atoms with Crippen molar-refractivity contribution >= 4 is 0 Å². The number of fused-ring (bicyclic) bond motifs is 1. The molecule has 70 valence electrons. The van der Waals surface area contributed by atoms with Crippen molar-refractivity contribution in [2.45, 2.75) is 18.2 Å². The van der Waals surface area contributed by atoms with Gasteiger partial charge in [0.1, 0.15) is 0 Å². The smallest absolute Gasteiger partial charge is 0.0976 e. The molecule has 12 heavy (non-hydrogen) atoms. The van der Waals surface area contributed by atoms with Crippen LogP contribution >= 0.6 is 0 Å². The Balaban J connectivity index is 1.95. The molecule has 0 radical (unpaired) electrons. The molecule has 2 unspecified atom stereocenters. The summed E-state index contributed by atoms with van der Waals surface area (Å²) in [5.41, 5.74) is 5.71. The fourth-order valence-corrected chi connectivity index (χ4v) is 1.79. The Bertz CT molecular complexity index is 149. The van der Waals surface area contributed by atoms with Crippen LogP contribution in [0.15, 0.2) is 0 Å². The van der Waals surface area contributed by atoms with Gasteiger partial charge in [0.15, 0.2) is 0 Å². The minimum absolute atomic E-state index is 0.0564. The zero-order valence-corrected chi connectivity index (χ0v) is 7.40. The van der Waals surface area contributed by atoms with E-state index in [4.69, 9.17) is 15.2 Å². The van der Waals surface area contributed by atoms with Gasteiger partial charge >= 0.3 is 0 Å². The van der Waals surface area contributed by atoms with E-state index in [0.717, 1.165) is 13.1 Å². The fourth-order valence-electron chi connectivity index (χ4n) is 1.79. The molecule has 0 amide bonds. The Morgan fingerprint density at radius 3 is 2.17 bits per heavy atom. The normalized spacial score (nSPS) is 44.0. The summed E-state index contributed by atoms with van der Waals surface area (Å²) in [4.78, 5) is 2.23. The summed E-state index contributed by atoms with van der Waals surface area (Å²) < 4.78 is 11.2. The molecule has 4 nitrogen and oxygen atoms in total. The van der Waals surface area contributed by atoms with Crippen LogP contribution in [0.4, 0.5) is 0 Å². The maximum absolute atomic E-state index is 5.71. The first-order valence-corrected chi connectivity index (χ1v) is 4.43. The van der Waals surface area contributed by atoms with Gasteiger partial charge in [-0.05, 0) is 7.05 Å². The monoisotopic (exact) mass is 172 g/mol. The van der Waals surface area contributed by atoms with Crippen LogP contribution in [0.2, 0.25) is 0 Å². The van der Waals surface area contributed by atoms with Gasteiger partial charge in [0, 0.05) is 13.1 Å². The molecule has 2 saturated heterocycles. The second-order valence-electron chi connectivity index (χ2n) is 3.72. The highest BCUT2D eigenvalue weighted by molar-refractivity contribution is 4.86. The minimum Gasteiger partial charge on any atom is -0.372 e. The number of nitrogens with two attached hydrogens (primary N) is 1. The molecule has 2 aliphatic heterocycles. The first-order valence-electron chi connectivity index (χ1n) is 4.43. The Morgan fingerprint density at radius 1 is 1.17 bits per heavy atom. The van der Waals surface area contributed by atoms with Crippen molar-refractivity contribution in [2.75, 3.05) is 33.4 Å². The molecule has 0 spiro atoms. The highest BCUT2D eigenvalue weighted by Crippen LogP contribution is 2.17. The van der Waals surface area contributed by atoms with E-state index in [0.29, 0.717) is 13.2 Å². The average Bonchev–Trinajstić information content (AvgIpc) is 2.31. The molecule has 0 bridgehead atoms. The first kappa shape index (κ1) is 8.44. The SMILES string of the molecule is CN1CC2OCC(N)COC2C1. The molecule has 4 heteroatoms. The van der Waals surface area contributed by atoms with Crippen LogP contribution in [0, 0.1) is 0 Å². The molecule has 2 aliphatic rings. The summed E-state index contributed by atoms with van der Waals surface area (Å²) >= 11 is 0. The minimum atomic E-state index is 0.0564. The van der Waals surface area contributed by atoms with Crippen molar-refractivity contribution in [1.82, 2.24) is 4.90 Å². The van der Waals surface area contributed by atoms with Crippen LogP contribution in [-0.4, -0.2) is 56.5 Å². The summed E-state index contributed by atoms with van der Waals surface area (Å²) in [6.45, 7) is 3.21. The average molecular weight is 172 g/mol. The maximum Gasteiger partial charge on any atom is 0.0976 e. The third-order valence-corrected chi connectivity index (χ3v) is 2.45. The van der Waals surface area contributed by atoms with E-state index in [1.165, 1.54) is 0 Å². The van der Waals surface area contributed by atoms with Crippen molar-refractivity contribution in [3.05, 3.63) is 0 Å². The molecular formula is C8H16N2O2. The van der Waals surface area contributed by atoms with Gasteiger partial charge in [-0.1, -0.05) is 0 Å². The lowest BCUT2D eigenvalue weighted by Crippen LogP contribution is -2.31. The third-order valence-electron chi connectivity index (χ3n) is 2.45. The molecule has 2 N–H and O–H groups in total. The van der Waals surface area contributed by atoms with Gasteiger partial charge in [0.05, 0.1) is 31.5 Å². The van der Waals surface area contributed by atoms with Gasteiger partial charge in [-0.3, -0.25) is 0 Å². The van der Waals surface area contributed by atoms with E-state index < -0.39 is 0 Å². The van der Waals surface area contributed by atoms with E-state index in [1.807, 2.05) is 0 Å². The summed E-state index contributed by atoms with van der Waals surface area (Å²) in [5, 5.41) is 0. The molecule has 2 rings (SSSR count). The Labute approximate surface area is 72.6 Å². The molecule has 2 atom stereocenters. The molecule has 2 heterocycles. The molecule has 0 aromatic carbocycles. The molecule has 0 aromatic heterocycles. The van der Waals surface area contributed by atoms with Crippen molar-refractivity contribution in [3.8, 4) is 0 Å². The summed E-state index contributed by atoms with van der Waals surface area (Å²) in [6, 6.07) is 0.0564. The zero-order chi connectivity index (χ0) is 8.55. The molecule has 0 aliphatic carbocycles. The predicted molar refractivity (Wildman–Crippen MR) is 45.0 cm³/mol. The lowest BCUT2D eigenvalue weighted by atomic mass is 10.3. The number of hydrogen-bond acceptors (Lipinski definition) is 4. The Hall–Kier alpha value is -0.160. The number of likely N-dealkylation sites (N-methyl/N-ethyl adjacent to an activating group) is 1. The van der Waals surface area contributed by atoms with Crippen LogP contribution < -0.4 is 5.73 Å². The van der Waals surface area contributed by atoms with Crippen LogP contribution in [0.1, 0.15) is 0 Å². The maximum atomic E-state index is 5.71. The summed E-state index contributed by atoms with van der Waals surface area (Å²) in [5.74, 6) is 0. The van der Waals surface area contributed by atoms with Gasteiger partial charge < -0.3 is 20.1 Å².